The fourth-order valence-electron chi connectivity index (χ4n) is 3.30. The number of H-pyrrole nitrogens is 1. The molecule has 152 valence electrons. The molecular weight excluding hydrogens is 375 g/mol. The number of hydrogen-bond donors (Lipinski definition) is 1. The molecule has 0 spiro atoms. The molecule has 1 atom stereocenters. The summed E-state index contributed by atoms with van der Waals surface area (Å²) in [5, 5.41) is 7.03. The second-order valence-electron chi connectivity index (χ2n) is 6.86. The van der Waals surface area contributed by atoms with Gasteiger partial charge in [-0.15, -0.1) is 0 Å². The van der Waals surface area contributed by atoms with Crippen molar-refractivity contribution in [2.24, 2.45) is 0 Å². The van der Waals surface area contributed by atoms with Gasteiger partial charge in [-0.3, -0.25) is 9.89 Å². The Kier molecular flexibility index (Phi) is 5.85. The molecule has 1 aliphatic rings. The largest absolute Gasteiger partial charge is 0.458 e. The lowest BCUT2D eigenvalue weighted by atomic mass is 10.0. The third-order valence-corrected chi connectivity index (χ3v) is 4.80. The second kappa shape index (κ2) is 8.15. The van der Waals surface area contributed by atoms with Crippen molar-refractivity contribution in [3.63, 3.8) is 0 Å². The highest BCUT2D eigenvalue weighted by Crippen LogP contribution is 2.28. The fourth-order valence-corrected chi connectivity index (χ4v) is 3.30. The zero-order valence-electron chi connectivity index (χ0n) is 15.7. The molecule has 0 saturated carbocycles. The van der Waals surface area contributed by atoms with E-state index in [0.29, 0.717) is 38.8 Å². The van der Waals surface area contributed by atoms with Crippen molar-refractivity contribution in [3.05, 3.63) is 34.9 Å². The third-order valence-electron chi connectivity index (χ3n) is 4.80. The Morgan fingerprint density at radius 3 is 2.86 bits per heavy atom. The molecule has 2 aromatic rings. The number of carbonyl (C=O) groups is 1. The second-order valence-corrected chi connectivity index (χ2v) is 6.86. The summed E-state index contributed by atoms with van der Waals surface area (Å²) in [4.78, 5) is 21.4. The van der Waals surface area contributed by atoms with E-state index in [1.165, 1.54) is 0 Å². The van der Waals surface area contributed by atoms with Crippen molar-refractivity contribution in [1.82, 2.24) is 25.1 Å². The van der Waals surface area contributed by atoms with E-state index in [1.54, 1.807) is 4.90 Å². The summed E-state index contributed by atoms with van der Waals surface area (Å²) in [5.41, 5.74) is 1.82. The molecule has 0 aliphatic carbocycles. The van der Waals surface area contributed by atoms with Crippen molar-refractivity contribution in [2.75, 3.05) is 13.1 Å². The number of carbonyl (C=O) groups excluding carboxylic acids is 1. The molecule has 0 radical (unpaired) electrons. The van der Waals surface area contributed by atoms with E-state index in [2.05, 4.69) is 20.2 Å². The maximum absolute atomic E-state index is 12.8. The van der Waals surface area contributed by atoms with Crippen molar-refractivity contribution in [3.8, 4) is 6.01 Å². The van der Waals surface area contributed by atoms with Crippen LogP contribution in [0, 0.1) is 13.8 Å². The average Bonchev–Trinajstić information content (AvgIpc) is 2.97. The Bertz CT molecular complexity index is 817. The van der Waals surface area contributed by atoms with Crippen molar-refractivity contribution < 1.29 is 22.7 Å². The van der Waals surface area contributed by atoms with Crippen LogP contribution in [0.4, 0.5) is 13.2 Å². The van der Waals surface area contributed by atoms with Gasteiger partial charge in [-0.25, -0.2) is 4.98 Å². The van der Waals surface area contributed by atoms with Gasteiger partial charge >= 0.3 is 12.2 Å². The highest BCUT2D eigenvalue weighted by Gasteiger charge is 2.33. The number of halogens is 3. The molecule has 3 heterocycles. The molecule has 1 aliphatic heterocycles. The number of nitrogens with one attached hydrogen (secondary N) is 1. The molecular formula is C18H22F3N5O2. The van der Waals surface area contributed by atoms with Gasteiger partial charge < -0.3 is 9.64 Å². The van der Waals surface area contributed by atoms with Crippen molar-refractivity contribution >= 4 is 5.91 Å². The molecule has 1 unspecified atom stereocenters. The minimum absolute atomic E-state index is 0.0155. The summed E-state index contributed by atoms with van der Waals surface area (Å²) >= 11 is 0. The number of aryl methyl sites for hydroxylation is 2. The summed E-state index contributed by atoms with van der Waals surface area (Å²) in [6.07, 6.45) is -1.70. The van der Waals surface area contributed by atoms with Crippen LogP contribution in [-0.4, -0.2) is 50.2 Å². The first-order valence-corrected chi connectivity index (χ1v) is 9.09. The number of alkyl halides is 3. The van der Waals surface area contributed by atoms with Crippen LogP contribution in [0.25, 0.3) is 0 Å². The summed E-state index contributed by atoms with van der Waals surface area (Å²) < 4.78 is 43.8. The quantitative estimate of drug-likeness (QED) is 0.839. The van der Waals surface area contributed by atoms with Crippen LogP contribution >= 0.6 is 0 Å². The lowest BCUT2D eigenvalue weighted by Gasteiger charge is -2.32. The molecule has 28 heavy (non-hydrogen) atoms. The van der Waals surface area contributed by atoms with Gasteiger partial charge in [0.15, 0.2) is 5.69 Å². The Hall–Kier alpha value is -2.65. The number of amides is 1. The van der Waals surface area contributed by atoms with Gasteiger partial charge in [0.1, 0.15) is 6.10 Å². The smallest absolute Gasteiger partial charge is 0.433 e. The van der Waals surface area contributed by atoms with Crippen LogP contribution in [0.3, 0.4) is 0 Å². The van der Waals surface area contributed by atoms with Crippen LogP contribution in [-0.2, 0) is 17.4 Å². The highest BCUT2D eigenvalue weighted by molar-refractivity contribution is 5.76. The number of hydrogen-bond acceptors (Lipinski definition) is 5. The van der Waals surface area contributed by atoms with Crippen LogP contribution in [0.5, 0.6) is 6.01 Å². The predicted octanol–water partition coefficient (Wildman–Crippen LogP) is 2.84. The first-order chi connectivity index (χ1) is 13.2. The predicted molar refractivity (Wildman–Crippen MR) is 93.6 cm³/mol. The van der Waals surface area contributed by atoms with Gasteiger partial charge in [0, 0.05) is 24.9 Å². The first kappa shape index (κ1) is 20.1. The molecule has 1 N–H and O–H groups in total. The van der Waals surface area contributed by atoms with Crippen molar-refractivity contribution in [1.29, 1.82) is 0 Å². The summed E-state index contributed by atoms with van der Waals surface area (Å²) in [5.74, 6) is -0.0155. The van der Waals surface area contributed by atoms with E-state index < -0.39 is 18.0 Å². The average molecular weight is 397 g/mol. The summed E-state index contributed by atoms with van der Waals surface area (Å²) in [6.45, 7) is 4.72. The summed E-state index contributed by atoms with van der Waals surface area (Å²) in [6, 6.07) is 0.474. The number of likely N-dealkylation sites (tertiary alicyclic amines) is 1. The number of aromatic amines is 1. The van der Waals surface area contributed by atoms with Gasteiger partial charge in [-0.2, -0.15) is 23.3 Å². The van der Waals surface area contributed by atoms with E-state index in [4.69, 9.17) is 4.74 Å². The molecule has 1 fully saturated rings. The van der Waals surface area contributed by atoms with Gasteiger partial charge in [-0.1, -0.05) is 0 Å². The molecule has 3 rings (SSSR count). The zero-order chi connectivity index (χ0) is 20.3. The third kappa shape index (κ3) is 4.79. The van der Waals surface area contributed by atoms with E-state index in [-0.39, 0.29) is 11.9 Å². The van der Waals surface area contributed by atoms with E-state index in [9.17, 15) is 18.0 Å². The van der Waals surface area contributed by atoms with Gasteiger partial charge in [0.05, 0.1) is 12.2 Å². The minimum Gasteiger partial charge on any atom is -0.458 e. The van der Waals surface area contributed by atoms with Crippen LogP contribution in [0.1, 0.15) is 41.9 Å². The van der Waals surface area contributed by atoms with Gasteiger partial charge in [0.25, 0.3) is 0 Å². The first-order valence-electron chi connectivity index (χ1n) is 9.09. The SMILES string of the molecule is Cc1n[nH]c(C)c1CCC(=O)N1CCCC(Oc2nccc(C(F)(F)F)n2)C1. The monoisotopic (exact) mass is 397 g/mol. The number of aromatic nitrogens is 4. The van der Waals surface area contributed by atoms with Gasteiger partial charge in [-0.05, 0) is 44.7 Å². The lowest BCUT2D eigenvalue weighted by Crippen LogP contribution is -2.44. The highest BCUT2D eigenvalue weighted by atomic mass is 19.4. The molecule has 1 saturated heterocycles. The maximum Gasteiger partial charge on any atom is 0.433 e. The number of piperidine rings is 1. The molecule has 0 bridgehead atoms. The van der Waals surface area contributed by atoms with Crippen molar-refractivity contribution in [2.45, 2.75) is 51.8 Å². The molecule has 7 nitrogen and oxygen atoms in total. The van der Waals surface area contributed by atoms with E-state index in [1.807, 2.05) is 13.8 Å². The molecule has 2 aromatic heterocycles. The Morgan fingerprint density at radius 1 is 1.39 bits per heavy atom. The number of ether oxygens (including phenoxy) is 1. The molecule has 1 amide bonds. The Morgan fingerprint density at radius 2 is 2.18 bits per heavy atom. The summed E-state index contributed by atoms with van der Waals surface area (Å²) in [7, 11) is 0. The minimum atomic E-state index is -4.56. The standard InChI is InChI=1S/C18H22F3N5O2/c1-11-14(12(2)25-24-11)5-6-16(27)26-9-3-4-13(10-26)28-17-22-8-7-15(23-17)18(19,20)21/h7-8,13H,3-6,9-10H2,1-2H3,(H,24,25). The van der Waals surface area contributed by atoms with Crippen LogP contribution < -0.4 is 4.74 Å². The number of nitrogens with zero attached hydrogens (tertiary/aromatic N) is 4. The van der Waals surface area contributed by atoms with Crippen LogP contribution in [0.2, 0.25) is 0 Å². The molecule has 0 aromatic carbocycles. The molecule has 10 heteroatoms. The van der Waals surface area contributed by atoms with E-state index >= 15 is 0 Å². The Balaban J connectivity index is 1.57. The van der Waals surface area contributed by atoms with Gasteiger partial charge in [0.2, 0.25) is 5.91 Å². The topological polar surface area (TPSA) is 84.0 Å². The van der Waals surface area contributed by atoms with E-state index in [0.717, 1.165) is 29.2 Å². The maximum atomic E-state index is 12.8. The van der Waals surface area contributed by atoms with Crippen LogP contribution in [0.15, 0.2) is 12.3 Å². The zero-order valence-corrected chi connectivity index (χ0v) is 15.7. The normalized spacial score (nSPS) is 17.6. The fraction of sp³-hybridized carbons (Fsp3) is 0.556. The lowest BCUT2D eigenvalue weighted by molar-refractivity contribution is -0.141. The Labute approximate surface area is 160 Å². The number of rotatable bonds is 5.